The van der Waals surface area contributed by atoms with Gasteiger partial charge < -0.3 is 15.1 Å². The molecule has 6 heteroatoms. The number of hydrogen-bond donors (Lipinski definition) is 1. The molecule has 0 saturated heterocycles. The summed E-state index contributed by atoms with van der Waals surface area (Å²) in [7, 11) is 5.71. The Labute approximate surface area is 136 Å². The van der Waals surface area contributed by atoms with Gasteiger partial charge in [-0.3, -0.25) is 9.59 Å². The van der Waals surface area contributed by atoms with Crippen LogP contribution in [0.3, 0.4) is 0 Å². The third-order valence-corrected chi connectivity index (χ3v) is 5.09. The summed E-state index contributed by atoms with van der Waals surface area (Å²) >= 11 is 1.33. The zero-order chi connectivity index (χ0) is 16.3. The van der Waals surface area contributed by atoms with E-state index in [2.05, 4.69) is 10.2 Å². The van der Waals surface area contributed by atoms with Crippen LogP contribution in [0, 0.1) is 0 Å². The van der Waals surface area contributed by atoms with Crippen molar-refractivity contribution in [1.29, 1.82) is 0 Å². The van der Waals surface area contributed by atoms with Gasteiger partial charge >= 0.3 is 0 Å². The molecule has 1 aliphatic heterocycles. The number of thioether (sulfide) groups is 1. The van der Waals surface area contributed by atoms with Gasteiger partial charge in [0.15, 0.2) is 4.75 Å². The highest BCUT2D eigenvalue weighted by atomic mass is 32.2. The Bertz CT molecular complexity index is 576. The number of rotatable bonds is 5. The number of anilines is 1. The molecule has 5 nitrogen and oxygen atoms in total. The first kappa shape index (κ1) is 16.8. The number of carbonyl (C=O) groups excluding carboxylic acids is 2. The van der Waals surface area contributed by atoms with Crippen molar-refractivity contribution in [2.75, 3.05) is 39.1 Å². The van der Waals surface area contributed by atoms with Gasteiger partial charge in [0.25, 0.3) is 5.91 Å². The third-order valence-electron chi connectivity index (χ3n) is 3.75. The Balaban J connectivity index is 2.09. The minimum Gasteiger partial charge on any atom is -0.354 e. The van der Waals surface area contributed by atoms with E-state index in [0.717, 1.165) is 23.5 Å². The summed E-state index contributed by atoms with van der Waals surface area (Å²) in [5, 5.41) is 2.90. The Morgan fingerprint density at radius 2 is 2.05 bits per heavy atom. The molecule has 22 heavy (non-hydrogen) atoms. The zero-order valence-electron chi connectivity index (χ0n) is 13.5. The van der Waals surface area contributed by atoms with Gasteiger partial charge in [-0.05, 0) is 46.1 Å². The topological polar surface area (TPSA) is 52.7 Å². The minimum absolute atomic E-state index is 0.179. The molecule has 0 fully saturated rings. The number of carbonyl (C=O) groups is 2. The summed E-state index contributed by atoms with van der Waals surface area (Å²) in [5.41, 5.74) is 0.857. The molecule has 0 saturated carbocycles. The molecule has 2 amide bonds. The lowest BCUT2D eigenvalue weighted by Gasteiger charge is -2.37. The SMILES string of the molecule is CN(C)CCCNC(=O)C1(C)Sc2ccccc2N(C)C1=O. The van der Waals surface area contributed by atoms with Crippen LogP contribution in [-0.2, 0) is 9.59 Å². The normalized spacial score (nSPS) is 21.0. The third kappa shape index (κ3) is 3.28. The highest BCUT2D eigenvalue weighted by Gasteiger charge is 2.47. The van der Waals surface area contributed by atoms with E-state index < -0.39 is 4.75 Å². The van der Waals surface area contributed by atoms with Crippen molar-refractivity contribution < 1.29 is 9.59 Å². The van der Waals surface area contributed by atoms with Crippen molar-refractivity contribution in [3.05, 3.63) is 24.3 Å². The lowest BCUT2D eigenvalue weighted by molar-refractivity contribution is -0.131. The maximum absolute atomic E-state index is 12.6. The number of fused-ring (bicyclic) bond motifs is 1. The molecule has 0 bridgehead atoms. The number of benzene rings is 1. The van der Waals surface area contributed by atoms with Gasteiger partial charge in [-0.2, -0.15) is 0 Å². The first-order valence-electron chi connectivity index (χ1n) is 7.35. The summed E-state index contributed by atoms with van der Waals surface area (Å²) in [6.45, 7) is 3.18. The molecule has 0 spiro atoms. The van der Waals surface area contributed by atoms with Crippen molar-refractivity contribution in [3.63, 3.8) is 0 Å². The van der Waals surface area contributed by atoms with Crippen LogP contribution >= 0.6 is 11.8 Å². The fourth-order valence-corrected chi connectivity index (χ4v) is 3.71. The summed E-state index contributed by atoms with van der Waals surface area (Å²) in [6.07, 6.45) is 0.861. The molecule has 1 aromatic carbocycles. The quantitative estimate of drug-likeness (QED) is 0.661. The molecular formula is C16H23N3O2S. The van der Waals surface area contributed by atoms with Gasteiger partial charge in [0.05, 0.1) is 5.69 Å². The maximum atomic E-state index is 12.6. The van der Waals surface area contributed by atoms with Crippen molar-refractivity contribution in [2.24, 2.45) is 0 Å². The average molecular weight is 321 g/mol. The van der Waals surface area contributed by atoms with Crippen molar-refractivity contribution in [1.82, 2.24) is 10.2 Å². The number of hydrogen-bond acceptors (Lipinski definition) is 4. The molecule has 1 aliphatic rings. The Hall–Kier alpha value is -1.53. The predicted octanol–water partition coefficient (Wildman–Crippen LogP) is 1.58. The van der Waals surface area contributed by atoms with E-state index in [-0.39, 0.29) is 11.8 Å². The summed E-state index contributed by atoms with van der Waals surface area (Å²) < 4.78 is -1.11. The molecule has 1 N–H and O–H groups in total. The Kier molecular flexibility index (Phi) is 5.13. The van der Waals surface area contributed by atoms with Crippen LogP contribution in [0.1, 0.15) is 13.3 Å². The van der Waals surface area contributed by atoms with Crippen LogP contribution in [0.2, 0.25) is 0 Å². The maximum Gasteiger partial charge on any atom is 0.252 e. The van der Waals surface area contributed by atoms with E-state index >= 15 is 0 Å². The highest BCUT2D eigenvalue weighted by molar-refractivity contribution is 8.02. The molecule has 0 aromatic heterocycles. The molecular weight excluding hydrogens is 298 g/mol. The van der Waals surface area contributed by atoms with Gasteiger partial charge in [0.1, 0.15) is 0 Å². The molecule has 0 radical (unpaired) electrons. The number of nitrogens with one attached hydrogen (secondary N) is 1. The second kappa shape index (κ2) is 6.71. The van der Waals surface area contributed by atoms with Crippen LogP contribution in [0.25, 0.3) is 0 Å². The fraction of sp³-hybridized carbons (Fsp3) is 0.500. The van der Waals surface area contributed by atoms with E-state index in [4.69, 9.17) is 0 Å². The average Bonchev–Trinajstić information content (AvgIpc) is 2.49. The number of amides is 2. The molecule has 120 valence electrons. The lowest BCUT2D eigenvalue weighted by atomic mass is 10.1. The Morgan fingerprint density at radius 3 is 2.73 bits per heavy atom. The van der Waals surface area contributed by atoms with Crippen molar-refractivity contribution in [2.45, 2.75) is 23.0 Å². The van der Waals surface area contributed by atoms with E-state index in [1.165, 1.54) is 11.8 Å². The minimum atomic E-state index is -1.11. The largest absolute Gasteiger partial charge is 0.354 e. The molecule has 0 aliphatic carbocycles. The van der Waals surface area contributed by atoms with E-state index in [1.807, 2.05) is 38.4 Å². The second-order valence-electron chi connectivity index (χ2n) is 5.88. The van der Waals surface area contributed by atoms with Gasteiger partial charge in [0.2, 0.25) is 5.91 Å². The second-order valence-corrected chi connectivity index (χ2v) is 7.34. The predicted molar refractivity (Wildman–Crippen MR) is 90.3 cm³/mol. The Morgan fingerprint density at radius 1 is 1.36 bits per heavy atom. The van der Waals surface area contributed by atoms with E-state index in [0.29, 0.717) is 6.54 Å². The molecule has 1 atom stereocenters. The first-order chi connectivity index (χ1) is 10.4. The number of para-hydroxylation sites is 1. The summed E-state index contributed by atoms with van der Waals surface area (Å²) in [5.74, 6) is -0.399. The monoisotopic (exact) mass is 321 g/mol. The van der Waals surface area contributed by atoms with Gasteiger partial charge in [-0.15, -0.1) is 0 Å². The summed E-state index contributed by atoms with van der Waals surface area (Å²) in [6, 6.07) is 7.66. The van der Waals surface area contributed by atoms with Crippen LogP contribution in [0.5, 0.6) is 0 Å². The molecule has 1 heterocycles. The molecule has 2 rings (SSSR count). The lowest BCUT2D eigenvalue weighted by Crippen LogP contribution is -2.55. The molecule has 1 unspecified atom stereocenters. The van der Waals surface area contributed by atoms with E-state index in [1.54, 1.807) is 18.9 Å². The fourth-order valence-electron chi connectivity index (χ4n) is 2.42. The highest BCUT2D eigenvalue weighted by Crippen LogP contribution is 2.44. The standard InChI is InChI=1S/C16H23N3O2S/c1-16(14(20)17-10-7-11-18(2)3)15(21)19(4)12-8-5-6-9-13(12)22-16/h5-6,8-9H,7,10-11H2,1-4H3,(H,17,20). The summed E-state index contributed by atoms with van der Waals surface area (Å²) in [4.78, 5) is 29.8. The van der Waals surface area contributed by atoms with Crippen molar-refractivity contribution in [3.8, 4) is 0 Å². The number of nitrogens with zero attached hydrogens (tertiary/aromatic N) is 2. The van der Waals surface area contributed by atoms with Gasteiger partial charge in [-0.1, -0.05) is 23.9 Å². The molecule has 1 aromatic rings. The first-order valence-corrected chi connectivity index (χ1v) is 8.17. The van der Waals surface area contributed by atoms with Crippen LogP contribution in [0.15, 0.2) is 29.2 Å². The van der Waals surface area contributed by atoms with Gasteiger partial charge in [-0.25, -0.2) is 0 Å². The van der Waals surface area contributed by atoms with Crippen LogP contribution < -0.4 is 10.2 Å². The van der Waals surface area contributed by atoms with Crippen LogP contribution in [0.4, 0.5) is 5.69 Å². The van der Waals surface area contributed by atoms with Gasteiger partial charge in [0, 0.05) is 18.5 Å². The van der Waals surface area contributed by atoms with Crippen molar-refractivity contribution >= 4 is 29.3 Å². The van der Waals surface area contributed by atoms with Crippen LogP contribution in [-0.4, -0.2) is 55.7 Å². The van der Waals surface area contributed by atoms with E-state index in [9.17, 15) is 9.59 Å². The zero-order valence-corrected chi connectivity index (χ0v) is 14.4. The smallest absolute Gasteiger partial charge is 0.252 e.